The van der Waals surface area contributed by atoms with Crippen LogP contribution in [-0.4, -0.2) is 55.9 Å². The molecular formula is C27H34N6O5. The second kappa shape index (κ2) is 11.7. The number of amides is 4. The highest BCUT2D eigenvalue weighted by atomic mass is 16.2. The molecule has 1 fully saturated rings. The highest BCUT2D eigenvalue weighted by Gasteiger charge is 2.46. The number of benzene rings is 1. The molecule has 2 aliphatic rings. The van der Waals surface area contributed by atoms with E-state index < -0.39 is 35.2 Å². The highest BCUT2D eigenvalue weighted by Crippen LogP contribution is 2.35. The van der Waals surface area contributed by atoms with Gasteiger partial charge in [0.05, 0.1) is 22.9 Å². The number of imide groups is 2. The Labute approximate surface area is 221 Å². The molecule has 202 valence electrons. The Balaban J connectivity index is 1.40. The van der Waals surface area contributed by atoms with Gasteiger partial charge in [0.25, 0.3) is 11.8 Å². The number of aromatic nitrogens is 3. The average Bonchev–Trinajstić information content (AvgIpc) is 3.45. The summed E-state index contributed by atoms with van der Waals surface area (Å²) in [7, 11) is 0. The van der Waals surface area contributed by atoms with Crippen LogP contribution in [-0.2, 0) is 26.5 Å². The topological polar surface area (TPSA) is 143 Å². The lowest BCUT2D eigenvalue weighted by atomic mass is 9.99. The minimum absolute atomic E-state index is 0.0685. The minimum atomic E-state index is -1.02. The van der Waals surface area contributed by atoms with Gasteiger partial charge in [-0.3, -0.25) is 34.1 Å². The van der Waals surface area contributed by atoms with Crippen molar-refractivity contribution in [2.75, 3.05) is 5.32 Å². The highest BCUT2D eigenvalue weighted by molar-refractivity contribution is 6.25. The van der Waals surface area contributed by atoms with Gasteiger partial charge in [-0.15, -0.1) is 5.10 Å². The van der Waals surface area contributed by atoms with Gasteiger partial charge in [0.15, 0.2) is 0 Å². The first-order valence-corrected chi connectivity index (χ1v) is 13.2. The van der Waals surface area contributed by atoms with Gasteiger partial charge in [-0.05, 0) is 45.2 Å². The fourth-order valence-corrected chi connectivity index (χ4v) is 4.92. The number of unbranched alkanes of at least 4 members (excludes halogenated alkanes) is 6. The first-order chi connectivity index (χ1) is 18.2. The van der Waals surface area contributed by atoms with Gasteiger partial charge in [0, 0.05) is 25.1 Å². The Morgan fingerprint density at radius 3 is 2.53 bits per heavy atom. The first kappa shape index (κ1) is 27.2. The fraction of sp³-hybridized carbons (Fsp3) is 0.519. The maximum absolute atomic E-state index is 13.4. The van der Waals surface area contributed by atoms with Crippen LogP contribution in [0.15, 0.2) is 24.4 Å². The first-order valence-electron chi connectivity index (χ1n) is 13.2. The van der Waals surface area contributed by atoms with E-state index in [0.717, 1.165) is 56.3 Å². The van der Waals surface area contributed by atoms with Crippen molar-refractivity contribution < 1.29 is 24.0 Å². The van der Waals surface area contributed by atoms with Crippen LogP contribution in [0, 0.1) is 0 Å². The Morgan fingerprint density at radius 1 is 1.05 bits per heavy atom. The maximum atomic E-state index is 13.4. The van der Waals surface area contributed by atoms with Crippen LogP contribution in [0.2, 0.25) is 0 Å². The number of fused-ring (bicyclic) bond motifs is 1. The second-order valence-corrected chi connectivity index (χ2v) is 10.4. The monoisotopic (exact) mass is 522 g/mol. The molecular weight excluding hydrogens is 488 g/mol. The van der Waals surface area contributed by atoms with E-state index in [0.29, 0.717) is 17.8 Å². The van der Waals surface area contributed by atoms with Crippen molar-refractivity contribution in [2.24, 2.45) is 0 Å². The zero-order valence-electron chi connectivity index (χ0n) is 21.9. The average molecular weight is 523 g/mol. The third kappa shape index (κ3) is 5.81. The van der Waals surface area contributed by atoms with Crippen LogP contribution in [0.5, 0.6) is 0 Å². The van der Waals surface area contributed by atoms with Crippen molar-refractivity contribution in [3.05, 3.63) is 41.2 Å². The molecule has 2 aromatic rings. The molecule has 0 spiro atoms. The van der Waals surface area contributed by atoms with E-state index in [1.165, 1.54) is 0 Å². The van der Waals surface area contributed by atoms with Crippen molar-refractivity contribution in [2.45, 2.75) is 89.8 Å². The Morgan fingerprint density at radius 2 is 1.79 bits per heavy atom. The number of hydrogen-bond acceptors (Lipinski definition) is 8. The normalized spacial score (nSPS) is 17.5. The number of aryl methyl sites for hydroxylation is 1. The molecule has 11 heteroatoms. The van der Waals surface area contributed by atoms with Crippen LogP contribution in [0.25, 0.3) is 0 Å². The molecule has 0 bridgehead atoms. The van der Waals surface area contributed by atoms with Gasteiger partial charge >= 0.3 is 0 Å². The molecule has 11 nitrogen and oxygen atoms in total. The lowest BCUT2D eigenvalue weighted by molar-refractivity contribution is -0.136. The van der Waals surface area contributed by atoms with Gasteiger partial charge in [0.2, 0.25) is 11.8 Å². The number of aldehydes is 1. The molecule has 0 saturated carbocycles. The van der Waals surface area contributed by atoms with Crippen molar-refractivity contribution in [3.63, 3.8) is 0 Å². The summed E-state index contributed by atoms with van der Waals surface area (Å²) in [6.45, 7) is 4.57. The number of anilines is 1. The summed E-state index contributed by atoms with van der Waals surface area (Å²) >= 11 is 0. The molecule has 4 amide bonds. The predicted molar refractivity (Wildman–Crippen MR) is 138 cm³/mol. The van der Waals surface area contributed by atoms with Crippen molar-refractivity contribution in [3.8, 4) is 0 Å². The van der Waals surface area contributed by atoms with Gasteiger partial charge in [-0.1, -0.05) is 37.0 Å². The number of nitrogens with one attached hydrogen (secondary N) is 2. The third-order valence-electron chi connectivity index (χ3n) is 7.05. The summed E-state index contributed by atoms with van der Waals surface area (Å²) in [5.74, 6) is -2.16. The molecule has 1 aromatic carbocycles. The quantitative estimate of drug-likeness (QED) is 0.232. The van der Waals surface area contributed by atoms with E-state index in [1.807, 2.05) is 20.0 Å². The summed E-state index contributed by atoms with van der Waals surface area (Å²) in [6.07, 6.45) is 9.99. The number of piperidine rings is 1. The summed E-state index contributed by atoms with van der Waals surface area (Å²) in [5, 5.41) is 14.2. The molecule has 2 aliphatic heterocycles. The molecule has 4 rings (SSSR count). The lowest BCUT2D eigenvalue weighted by Crippen LogP contribution is -2.54. The Kier molecular flexibility index (Phi) is 8.33. The fourth-order valence-electron chi connectivity index (χ4n) is 4.92. The number of carbonyl (C=O) groups is 5. The smallest absolute Gasteiger partial charge is 0.264 e. The predicted octanol–water partition coefficient (Wildman–Crippen LogP) is 2.96. The zero-order valence-corrected chi connectivity index (χ0v) is 21.9. The van der Waals surface area contributed by atoms with Gasteiger partial charge in [-0.2, -0.15) is 0 Å². The molecule has 1 aromatic heterocycles. The minimum Gasteiger partial charge on any atom is -0.374 e. The number of carbonyl (C=O) groups excluding carboxylic acids is 5. The third-order valence-corrected chi connectivity index (χ3v) is 7.05. The molecule has 38 heavy (non-hydrogen) atoms. The summed E-state index contributed by atoms with van der Waals surface area (Å²) < 4.78 is 1.81. The van der Waals surface area contributed by atoms with E-state index in [2.05, 4.69) is 20.9 Å². The Bertz CT molecular complexity index is 1240. The van der Waals surface area contributed by atoms with Crippen LogP contribution < -0.4 is 10.6 Å². The summed E-state index contributed by atoms with van der Waals surface area (Å²) in [4.78, 5) is 61.7. The molecule has 1 atom stereocenters. The van der Waals surface area contributed by atoms with Crippen LogP contribution in [0.4, 0.5) is 5.69 Å². The number of rotatable bonds is 13. The van der Waals surface area contributed by atoms with E-state index in [-0.39, 0.29) is 24.0 Å². The van der Waals surface area contributed by atoms with Crippen LogP contribution in [0.3, 0.4) is 0 Å². The largest absolute Gasteiger partial charge is 0.374 e. The van der Waals surface area contributed by atoms with Crippen LogP contribution >= 0.6 is 0 Å². The molecule has 3 heterocycles. The van der Waals surface area contributed by atoms with Crippen molar-refractivity contribution >= 4 is 35.6 Å². The SMILES string of the molecule is CC(C)(Nc1cccc2c1C(=O)N(C1CCC(=O)NC1=O)C2=O)c1cn(CCCCCCCCC=O)nn1. The van der Waals surface area contributed by atoms with E-state index in [1.54, 1.807) is 22.9 Å². The molecule has 0 radical (unpaired) electrons. The maximum Gasteiger partial charge on any atom is 0.264 e. The van der Waals surface area contributed by atoms with Crippen molar-refractivity contribution in [1.29, 1.82) is 0 Å². The van der Waals surface area contributed by atoms with Gasteiger partial charge in [0.1, 0.15) is 18.0 Å². The number of nitrogens with zero attached hydrogens (tertiary/aromatic N) is 4. The van der Waals surface area contributed by atoms with Crippen molar-refractivity contribution in [1.82, 2.24) is 25.2 Å². The summed E-state index contributed by atoms with van der Waals surface area (Å²) in [6, 6.07) is 3.96. The van der Waals surface area contributed by atoms with E-state index in [4.69, 9.17) is 0 Å². The van der Waals surface area contributed by atoms with Gasteiger partial charge in [-0.25, -0.2) is 0 Å². The second-order valence-electron chi connectivity index (χ2n) is 10.4. The Hall–Kier alpha value is -3.89. The van der Waals surface area contributed by atoms with E-state index in [9.17, 15) is 24.0 Å². The van der Waals surface area contributed by atoms with Gasteiger partial charge < -0.3 is 10.1 Å². The zero-order chi connectivity index (χ0) is 27.3. The molecule has 1 unspecified atom stereocenters. The number of hydrogen-bond donors (Lipinski definition) is 2. The molecule has 0 aliphatic carbocycles. The lowest BCUT2D eigenvalue weighted by Gasteiger charge is -2.28. The summed E-state index contributed by atoms with van der Waals surface area (Å²) in [5.41, 5.74) is 0.857. The molecule has 1 saturated heterocycles. The van der Waals surface area contributed by atoms with E-state index >= 15 is 0 Å². The van der Waals surface area contributed by atoms with Crippen LogP contribution in [0.1, 0.15) is 98.0 Å². The standard InChI is InChI=1S/C27H34N6O5/c1-27(2,21-17-32(31-30-21)15-8-6-4-3-5-7-9-16-34)29-19-12-10-11-18-23(19)26(38)33(25(18)37)20-13-14-22(35)28-24(20)36/h10-12,16-17,20,29H,3-9,13-15H2,1-2H3,(H,28,35,36). The molecule has 2 N–H and O–H groups in total.